The molecule has 1 spiro atoms. The highest BCUT2D eigenvalue weighted by molar-refractivity contribution is 7.90. The molecule has 5 saturated heterocycles. The predicted octanol–water partition coefficient (Wildman–Crippen LogP) is 8.45. The van der Waals surface area contributed by atoms with Crippen LogP contribution in [-0.2, 0) is 30.8 Å². The van der Waals surface area contributed by atoms with Crippen LogP contribution in [0.2, 0.25) is 0 Å². The van der Waals surface area contributed by atoms with Gasteiger partial charge in [-0.2, -0.15) is 4.98 Å². The number of anilines is 5. The standard InChI is InChI=1S/C63H77N11O11S/c1-41(2)84-56-7-5-4-6-48(56)55-39-69(38-43-30-57(80-3)60(66-37-43)71-23-28-82-29-24-71)21-22-72(55)46-34-63(35-46)16-19-70(20-17-63)45-8-10-49(52(32-45)73-51-15-27-83-40-58(51)85-62-54(73)31-44-12-18-64-59(44)67-62)61(75)68-86(78,79)47-9-11-50(53(33-47)74(76)77)65-36-42-13-25-81-26-14-42/h4-12,18,30-33,37,41-42,46,51,55,58,65H,13-17,19-29,34-36,38-40H2,1-3H3,(H,64,67)(H,68,75)/t51-,55+,58-/m0/s1. The number of nitrogens with one attached hydrogen (secondary N) is 3. The number of nitro benzene ring substituents is 1. The van der Waals surface area contributed by atoms with Crippen LogP contribution >= 0.6 is 0 Å². The number of fused-ring (bicyclic) bond motifs is 3. The van der Waals surface area contributed by atoms with Crippen LogP contribution in [0, 0.1) is 21.4 Å². The van der Waals surface area contributed by atoms with Gasteiger partial charge in [0, 0.05) is 120 Å². The van der Waals surface area contributed by atoms with Gasteiger partial charge in [0.15, 0.2) is 11.6 Å². The van der Waals surface area contributed by atoms with Gasteiger partial charge in [0.1, 0.15) is 28.9 Å². The van der Waals surface area contributed by atoms with Gasteiger partial charge in [0.05, 0.1) is 66.2 Å². The topological polar surface area (TPSA) is 232 Å². The number of H-pyrrole nitrogens is 1. The highest BCUT2D eigenvalue weighted by Gasteiger charge is 2.51. The van der Waals surface area contributed by atoms with E-state index < -0.39 is 37.5 Å². The lowest BCUT2D eigenvalue weighted by atomic mass is 9.59. The monoisotopic (exact) mass is 1200 g/mol. The van der Waals surface area contributed by atoms with E-state index in [-0.39, 0.29) is 40.8 Å². The summed E-state index contributed by atoms with van der Waals surface area (Å²) in [5.74, 6) is 2.31. The van der Waals surface area contributed by atoms with Crippen LogP contribution < -0.4 is 38.9 Å². The largest absolute Gasteiger partial charge is 0.493 e. The van der Waals surface area contributed by atoms with E-state index in [0.717, 1.165) is 131 Å². The molecule has 6 aromatic rings. The van der Waals surface area contributed by atoms with E-state index in [1.165, 1.54) is 17.7 Å². The number of hydrogen-bond acceptors (Lipinski definition) is 19. The summed E-state index contributed by atoms with van der Waals surface area (Å²) >= 11 is 0. The lowest BCUT2D eigenvalue weighted by Crippen LogP contribution is -2.59. The van der Waals surface area contributed by atoms with Crippen LogP contribution in [0.5, 0.6) is 17.4 Å². The predicted molar refractivity (Wildman–Crippen MR) is 326 cm³/mol. The van der Waals surface area contributed by atoms with E-state index in [4.69, 9.17) is 38.4 Å². The fourth-order valence-corrected chi connectivity index (χ4v) is 15.1. The molecule has 3 aromatic heterocycles. The van der Waals surface area contributed by atoms with Gasteiger partial charge in [-0.1, -0.05) is 18.2 Å². The lowest BCUT2D eigenvalue weighted by Gasteiger charge is -2.58. The van der Waals surface area contributed by atoms with Crippen molar-refractivity contribution in [3.8, 4) is 17.4 Å². The fraction of sp³-hybridized carbons (Fsp3) is 0.508. The number of piperidine rings is 1. The normalized spacial score (nSPS) is 22.2. The molecular weight excluding hydrogens is 1120 g/mol. The summed E-state index contributed by atoms with van der Waals surface area (Å²) in [6.45, 7) is 14.5. The molecule has 7 aliphatic rings. The number of nitro groups is 1. The summed E-state index contributed by atoms with van der Waals surface area (Å²) in [4.78, 5) is 51.2. The van der Waals surface area contributed by atoms with Gasteiger partial charge in [0.25, 0.3) is 21.6 Å². The van der Waals surface area contributed by atoms with E-state index in [2.05, 4.69) is 83.7 Å². The quantitative estimate of drug-likeness (QED) is 0.0574. The maximum absolute atomic E-state index is 14.9. The number of morpholine rings is 1. The smallest absolute Gasteiger partial charge is 0.293 e. The first-order valence-corrected chi connectivity index (χ1v) is 31.9. The van der Waals surface area contributed by atoms with Crippen LogP contribution in [0.15, 0.2) is 96.2 Å². The second kappa shape index (κ2) is 24.5. The van der Waals surface area contributed by atoms with Gasteiger partial charge in [-0.25, -0.2) is 18.1 Å². The van der Waals surface area contributed by atoms with Crippen LogP contribution in [0.1, 0.15) is 86.3 Å². The number of aromatic amines is 1. The second-order valence-corrected chi connectivity index (χ2v) is 26.1. The van der Waals surface area contributed by atoms with E-state index >= 15 is 0 Å². The molecule has 0 unspecified atom stereocenters. The minimum absolute atomic E-state index is 0.0267. The molecule has 6 fully saturated rings. The zero-order valence-electron chi connectivity index (χ0n) is 49.2. The molecule has 1 aliphatic carbocycles. The van der Waals surface area contributed by atoms with Crippen molar-refractivity contribution in [1.29, 1.82) is 0 Å². The Balaban J connectivity index is 0.749. The van der Waals surface area contributed by atoms with E-state index in [1.54, 1.807) is 13.2 Å². The summed E-state index contributed by atoms with van der Waals surface area (Å²) in [6, 6.07) is 24.1. The average molecular weight is 1200 g/mol. The molecule has 1 amide bonds. The SMILES string of the molecule is COc1cc(CN2CCN(C3CC4(CCN(c5ccc(C(=O)NS(=O)(=O)c6ccc(NCC7CCOCC7)c([N+](=O)[O-])c6)c(N6c7cc8cc[nH]c8nc7O[C@H]7COCC[C@@H]76)c5)CC4)C3)[C@@H](c3ccccc3OC(C)C)C2)cnc1N1CCOCC1. The Bertz CT molecular complexity index is 3560. The maximum Gasteiger partial charge on any atom is 0.293 e. The van der Waals surface area contributed by atoms with E-state index in [1.807, 2.05) is 36.7 Å². The number of nitrogens with zero attached hydrogens (tertiary/aromatic N) is 8. The van der Waals surface area contributed by atoms with E-state index in [9.17, 15) is 23.3 Å². The number of methoxy groups -OCH3 is 1. The first-order valence-electron chi connectivity index (χ1n) is 30.5. The minimum atomic E-state index is -4.63. The van der Waals surface area contributed by atoms with Crippen LogP contribution in [0.3, 0.4) is 0 Å². The van der Waals surface area contributed by atoms with Gasteiger partial charge in [-0.05, 0) is 130 Å². The number of para-hydroxylation sites is 1. The van der Waals surface area contributed by atoms with Crippen molar-refractivity contribution in [2.45, 2.75) is 101 Å². The van der Waals surface area contributed by atoms with E-state index in [0.29, 0.717) is 81.6 Å². The molecule has 3 N–H and O–H groups in total. The van der Waals surface area contributed by atoms with Gasteiger partial charge in [-0.3, -0.25) is 24.7 Å². The molecule has 13 rings (SSSR count). The number of carbonyl (C=O) groups excluding carboxylic acids is 1. The van der Waals surface area contributed by atoms with Gasteiger partial charge >= 0.3 is 0 Å². The summed E-state index contributed by atoms with van der Waals surface area (Å²) in [5, 5.41) is 16.4. The number of carbonyl (C=O) groups is 1. The Labute approximate surface area is 501 Å². The van der Waals surface area contributed by atoms with Gasteiger partial charge < -0.3 is 53.4 Å². The number of benzene rings is 3. The zero-order valence-corrected chi connectivity index (χ0v) is 50.0. The Morgan fingerprint density at radius 1 is 0.872 bits per heavy atom. The number of aromatic nitrogens is 3. The summed E-state index contributed by atoms with van der Waals surface area (Å²) in [7, 11) is -2.91. The molecule has 456 valence electrons. The van der Waals surface area contributed by atoms with Gasteiger partial charge in [-0.15, -0.1) is 0 Å². The minimum Gasteiger partial charge on any atom is -0.493 e. The molecule has 0 bridgehead atoms. The molecule has 23 heteroatoms. The third kappa shape index (κ3) is 11.8. The van der Waals surface area contributed by atoms with Crippen molar-refractivity contribution < 1.29 is 46.6 Å². The van der Waals surface area contributed by atoms with Crippen molar-refractivity contribution in [1.82, 2.24) is 29.5 Å². The number of pyridine rings is 2. The number of piperazine rings is 1. The zero-order chi connectivity index (χ0) is 59.1. The molecule has 22 nitrogen and oxygen atoms in total. The van der Waals surface area contributed by atoms with Crippen molar-refractivity contribution in [3.63, 3.8) is 0 Å². The Morgan fingerprint density at radius 3 is 2.45 bits per heavy atom. The Kier molecular flexibility index (Phi) is 16.4. The molecular formula is C63H77N11O11S. The number of amides is 1. The summed E-state index contributed by atoms with van der Waals surface area (Å²) in [6.07, 6.45) is 9.73. The summed E-state index contributed by atoms with van der Waals surface area (Å²) in [5.41, 5.74) is 5.06. The molecule has 9 heterocycles. The number of ether oxygens (including phenoxy) is 6. The van der Waals surface area contributed by atoms with Crippen LogP contribution in [0.25, 0.3) is 11.0 Å². The number of rotatable bonds is 17. The van der Waals surface area contributed by atoms with Gasteiger partial charge in [0.2, 0.25) is 5.88 Å². The van der Waals surface area contributed by atoms with Crippen LogP contribution in [-0.4, -0.2) is 167 Å². The van der Waals surface area contributed by atoms with Crippen molar-refractivity contribution in [2.24, 2.45) is 11.3 Å². The second-order valence-electron chi connectivity index (χ2n) is 24.4. The molecule has 3 aromatic carbocycles. The number of hydrogen-bond donors (Lipinski definition) is 3. The molecule has 1 saturated carbocycles. The lowest BCUT2D eigenvalue weighted by molar-refractivity contribution is -0.384. The van der Waals surface area contributed by atoms with Crippen LogP contribution in [0.4, 0.5) is 34.3 Å². The Hall–Kier alpha value is -7.28. The highest BCUT2D eigenvalue weighted by Crippen LogP contribution is 2.54. The maximum atomic E-state index is 14.9. The fourth-order valence-electron chi connectivity index (χ4n) is 14.1. The first kappa shape index (κ1) is 57.8. The first-order chi connectivity index (χ1) is 41.8. The molecule has 86 heavy (non-hydrogen) atoms. The third-order valence-corrected chi connectivity index (χ3v) is 20.0. The number of sulfonamides is 1. The molecule has 6 aliphatic heterocycles. The average Bonchev–Trinajstić information content (AvgIpc) is 1.02. The van der Waals surface area contributed by atoms with Crippen molar-refractivity contribution >= 4 is 61.2 Å². The third-order valence-electron chi connectivity index (χ3n) is 18.7. The van der Waals surface area contributed by atoms with Crippen molar-refractivity contribution in [2.75, 3.05) is 119 Å². The highest BCUT2D eigenvalue weighted by atomic mass is 32.2. The summed E-state index contributed by atoms with van der Waals surface area (Å²) < 4.78 is 66.9. The molecule has 3 atom stereocenters. The Morgan fingerprint density at radius 2 is 1.66 bits per heavy atom. The molecule has 0 radical (unpaired) electrons. The van der Waals surface area contributed by atoms with Crippen molar-refractivity contribution in [3.05, 3.63) is 118 Å².